The van der Waals surface area contributed by atoms with Gasteiger partial charge in [-0.05, 0) is 36.8 Å². The van der Waals surface area contributed by atoms with E-state index in [1.165, 1.54) is 0 Å². The number of carbonyl (C=O) groups excluding carboxylic acids is 2. The van der Waals surface area contributed by atoms with Crippen molar-refractivity contribution in [3.05, 3.63) is 46.9 Å². The molecule has 2 aromatic carbocycles. The molecule has 142 valence electrons. The van der Waals surface area contributed by atoms with Crippen molar-refractivity contribution in [3.8, 4) is 17.2 Å². The molecule has 8 heteroatoms. The average Bonchev–Trinajstić information content (AvgIpc) is 3.11. The van der Waals surface area contributed by atoms with E-state index in [4.69, 9.17) is 18.9 Å². The van der Waals surface area contributed by atoms with Crippen molar-refractivity contribution in [3.63, 3.8) is 0 Å². The van der Waals surface area contributed by atoms with Gasteiger partial charge in [-0.15, -0.1) is 0 Å². The minimum Gasteiger partial charge on any atom is -0.494 e. The van der Waals surface area contributed by atoms with Crippen molar-refractivity contribution < 1.29 is 28.5 Å². The maximum Gasteiger partial charge on any atom is 0.306 e. The molecule has 0 saturated carbocycles. The summed E-state index contributed by atoms with van der Waals surface area (Å²) in [4.78, 5) is 23.6. The molecule has 0 bridgehead atoms. The van der Waals surface area contributed by atoms with Gasteiger partial charge >= 0.3 is 5.97 Å². The maximum atomic E-state index is 11.9. The maximum absolute atomic E-state index is 11.9. The van der Waals surface area contributed by atoms with Crippen molar-refractivity contribution in [2.24, 2.45) is 0 Å². The van der Waals surface area contributed by atoms with E-state index in [0.717, 1.165) is 10.2 Å². The third-order valence-electron chi connectivity index (χ3n) is 3.61. The first-order chi connectivity index (χ1) is 13.1. The minimum absolute atomic E-state index is 0.162. The zero-order chi connectivity index (χ0) is 19.1. The number of halogens is 1. The number of esters is 1. The van der Waals surface area contributed by atoms with Gasteiger partial charge in [0.1, 0.15) is 5.75 Å². The van der Waals surface area contributed by atoms with Crippen LogP contribution in [0.1, 0.15) is 12.8 Å². The molecular formula is C19H18BrNO6. The molecule has 0 spiro atoms. The average molecular weight is 436 g/mol. The minimum atomic E-state index is -0.450. The Balaban J connectivity index is 1.32. The zero-order valence-corrected chi connectivity index (χ0v) is 16.0. The monoisotopic (exact) mass is 435 g/mol. The van der Waals surface area contributed by atoms with E-state index in [2.05, 4.69) is 21.2 Å². The molecular weight excluding hydrogens is 418 g/mol. The van der Waals surface area contributed by atoms with Gasteiger partial charge in [0.15, 0.2) is 18.1 Å². The second-order valence-corrected chi connectivity index (χ2v) is 6.60. The molecule has 0 aliphatic carbocycles. The summed E-state index contributed by atoms with van der Waals surface area (Å²) in [5, 5.41) is 2.64. The topological polar surface area (TPSA) is 83.1 Å². The molecule has 0 atom stereocenters. The largest absolute Gasteiger partial charge is 0.494 e. The standard InChI is InChI=1S/C19H18BrNO6/c20-13-3-1-4-15(9-13)24-8-2-5-19(23)25-11-18(22)21-14-6-7-16-17(10-14)27-12-26-16/h1,3-4,6-7,9-10H,2,5,8,11-12H2,(H,21,22). The quantitative estimate of drug-likeness (QED) is 0.504. The van der Waals surface area contributed by atoms with E-state index in [1.54, 1.807) is 18.2 Å². The first kappa shape index (κ1) is 19.0. The molecule has 0 unspecified atom stereocenters. The van der Waals surface area contributed by atoms with Gasteiger partial charge in [-0.25, -0.2) is 0 Å². The number of carbonyl (C=O) groups is 2. The second kappa shape index (κ2) is 9.27. The summed E-state index contributed by atoms with van der Waals surface area (Å²) < 4.78 is 21.9. The molecule has 2 aromatic rings. The molecule has 1 aliphatic rings. The number of hydrogen-bond donors (Lipinski definition) is 1. The highest BCUT2D eigenvalue weighted by molar-refractivity contribution is 9.10. The van der Waals surface area contributed by atoms with Gasteiger partial charge in [0, 0.05) is 22.6 Å². The lowest BCUT2D eigenvalue weighted by molar-refractivity contribution is -0.147. The highest BCUT2D eigenvalue weighted by Gasteiger charge is 2.14. The number of nitrogens with one attached hydrogen (secondary N) is 1. The van der Waals surface area contributed by atoms with Crippen LogP contribution in [0.25, 0.3) is 0 Å². The van der Waals surface area contributed by atoms with Gasteiger partial charge in [-0.3, -0.25) is 9.59 Å². The molecule has 0 aromatic heterocycles. The van der Waals surface area contributed by atoms with Gasteiger partial charge < -0.3 is 24.3 Å². The summed E-state index contributed by atoms with van der Waals surface area (Å²) in [7, 11) is 0. The fourth-order valence-corrected chi connectivity index (χ4v) is 2.73. The van der Waals surface area contributed by atoms with Gasteiger partial charge in [-0.2, -0.15) is 0 Å². The summed E-state index contributed by atoms with van der Waals surface area (Å²) in [5.74, 6) is 1.04. The number of ether oxygens (including phenoxy) is 4. The lowest BCUT2D eigenvalue weighted by Gasteiger charge is -2.08. The van der Waals surface area contributed by atoms with E-state index in [9.17, 15) is 9.59 Å². The van der Waals surface area contributed by atoms with Crippen LogP contribution in [0.5, 0.6) is 17.2 Å². The molecule has 27 heavy (non-hydrogen) atoms. The van der Waals surface area contributed by atoms with Crippen molar-refractivity contribution in [1.82, 2.24) is 0 Å². The zero-order valence-electron chi connectivity index (χ0n) is 14.4. The Morgan fingerprint density at radius 2 is 1.96 bits per heavy atom. The Labute approximate surface area is 164 Å². The smallest absolute Gasteiger partial charge is 0.306 e. The van der Waals surface area contributed by atoms with Gasteiger partial charge in [0.05, 0.1) is 6.61 Å². The van der Waals surface area contributed by atoms with Crippen LogP contribution in [-0.4, -0.2) is 31.9 Å². The fourth-order valence-electron chi connectivity index (χ4n) is 2.35. The number of hydrogen-bond acceptors (Lipinski definition) is 6. The predicted molar refractivity (Wildman–Crippen MR) is 101 cm³/mol. The molecule has 3 rings (SSSR count). The molecule has 7 nitrogen and oxygen atoms in total. The highest BCUT2D eigenvalue weighted by Crippen LogP contribution is 2.34. The fraction of sp³-hybridized carbons (Fsp3) is 0.263. The second-order valence-electron chi connectivity index (χ2n) is 5.69. The van der Waals surface area contributed by atoms with E-state index >= 15 is 0 Å². The summed E-state index contributed by atoms with van der Waals surface area (Å²) >= 11 is 3.36. The Morgan fingerprint density at radius 1 is 1.11 bits per heavy atom. The van der Waals surface area contributed by atoms with Gasteiger partial charge in [0.25, 0.3) is 5.91 Å². The Bertz CT molecular complexity index is 826. The third-order valence-corrected chi connectivity index (χ3v) is 4.10. The van der Waals surface area contributed by atoms with Gasteiger partial charge in [-0.1, -0.05) is 22.0 Å². The van der Waals surface area contributed by atoms with Crippen LogP contribution in [0.3, 0.4) is 0 Å². The van der Waals surface area contributed by atoms with Crippen molar-refractivity contribution >= 4 is 33.5 Å². The number of benzene rings is 2. The number of fused-ring (bicyclic) bond motifs is 1. The first-order valence-corrected chi connectivity index (χ1v) is 9.13. The molecule has 1 N–H and O–H groups in total. The Morgan fingerprint density at radius 3 is 2.81 bits per heavy atom. The molecule has 0 fully saturated rings. The molecule has 0 saturated heterocycles. The van der Waals surface area contributed by atoms with Crippen LogP contribution in [0, 0.1) is 0 Å². The van der Waals surface area contributed by atoms with E-state index < -0.39 is 11.9 Å². The van der Waals surface area contributed by atoms with Crippen LogP contribution >= 0.6 is 15.9 Å². The molecule has 0 radical (unpaired) electrons. The SMILES string of the molecule is O=C(COC(=O)CCCOc1cccc(Br)c1)Nc1ccc2c(c1)OCO2. The van der Waals surface area contributed by atoms with Crippen LogP contribution in [-0.2, 0) is 14.3 Å². The first-order valence-electron chi connectivity index (χ1n) is 8.33. The number of anilines is 1. The van der Waals surface area contributed by atoms with Crippen LogP contribution in [0.4, 0.5) is 5.69 Å². The van der Waals surface area contributed by atoms with Crippen molar-refractivity contribution in [2.45, 2.75) is 12.8 Å². The van der Waals surface area contributed by atoms with Crippen molar-refractivity contribution in [2.75, 3.05) is 25.3 Å². The highest BCUT2D eigenvalue weighted by atomic mass is 79.9. The van der Waals surface area contributed by atoms with E-state index in [-0.39, 0.29) is 19.8 Å². The molecule has 1 amide bonds. The normalized spacial score (nSPS) is 11.7. The number of amides is 1. The molecule has 1 heterocycles. The molecule has 1 aliphatic heterocycles. The van der Waals surface area contributed by atoms with Gasteiger partial charge in [0.2, 0.25) is 6.79 Å². The predicted octanol–water partition coefficient (Wildman–Crippen LogP) is 3.52. The summed E-state index contributed by atoms with van der Waals surface area (Å²) in [5.41, 5.74) is 0.544. The lowest BCUT2D eigenvalue weighted by atomic mass is 10.3. The summed E-state index contributed by atoms with van der Waals surface area (Å²) in [6.45, 7) is 0.199. The Kier molecular flexibility index (Phi) is 6.54. The third kappa shape index (κ3) is 5.89. The van der Waals surface area contributed by atoms with Crippen LogP contribution in [0.15, 0.2) is 46.9 Å². The van der Waals surface area contributed by atoms with E-state index in [1.807, 2.05) is 24.3 Å². The Hall–Kier alpha value is -2.74. The van der Waals surface area contributed by atoms with Crippen LogP contribution < -0.4 is 19.5 Å². The number of rotatable bonds is 8. The van der Waals surface area contributed by atoms with Crippen LogP contribution in [0.2, 0.25) is 0 Å². The summed E-state index contributed by atoms with van der Waals surface area (Å²) in [6, 6.07) is 12.5. The summed E-state index contributed by atoms with van der Waals surface area (Å²) in [6.07, 6.45) is 0.667. The lowest BCUT2D eigenvalue weighted by Crippen LogP contribution is -2.21. The van der Waals surface area contributed by atoms with E-state index in [0.29, 0.717) is 30.2 Å². The van der Waals surface area contributed by atoms with Crippen molar-refractivity contribution in [1.29, 1.82) is 0 Å².